The first kappa shape index (κ1) is 27.2. The molecule has 0 saturated carbocycles. The molecule has 0 N–H and O–H groups in total. The van der Waals surface area contributed by atoms with Crippen LogP contribution >= 0.6 is 0 Å². The lowest BCUT2D eigenvalue weighted by molar-refractivity contribution is 0.357. The average Bonchev–Trinajstić information content (AvgIpc) is 3.42. The highest BCUT2D eigenvalue weighted by atomic mass is 32.2. The van der Waals surface area contributed by atoms with E-state index in [1.165, 1.54) is 61.2 Å². The summed E-state index contributed by atoms with van der Waals surface area (Å²) in [5, 5.41) is 0. The Kier molecular flexibility index (Phi) is 8.05. The van der Waals surface area contributed by atoms with Gasteiger partial charge < -0.3 is 18.1 Å². The van der Waals surface area contributed by atoms with Crippen LogP contribution in [-0.4, -0.2) is 35.4 Å². The van der Waals surface area contributed by atoms with E-state index in [1.807, 2.05) is 0 Å². The van der Waals surface area contributed by atoms with Gasteiger partial charge >= 0.3 is 10.1 Å². The Morgan fingerprint density at radius 1 is 0.789 bits per heavy atom. The molecule has 0 amide bonds. The van der Waals surface area contributed by atoms with E-state index in [0.717, 1.165) is 24.3 Å². The summed E-state index contributed by atoms with van der Waals surface area (Å²) in [5.41, 5.74) is 0.416. The second-order valence-corrected chi connectivity index (χ2v) is 11.5. The zero-order valence-electron chi connectivity index (χ0n) is 20.4. The molecule has 4 aromatic rings. The van der Waals surface area contributed by atoms with Crippen molar-refractivity contribution in [1.82, 2.24) is 4.31 Å². The summed E-state index contributed by atoms with van der Waals surface area (Å²) in [5.74, 6) is 0.259. The molecule has 12 heteroatoms. The number of nitrogens with zero attached hydrogens (tertiary/aromatic N) is 1. The molecule has 1 heterocycles. The van der Waals surface area contributed by atoms with Crippen LogP contribution in [0.5, 0.6) is 17.2 Å². The lowest BCUT2D eigenvalue weighted by atomic mass is 10.2. The summed E-state index contributed by atoms with van der Waals surface area (Å²) in [6, 6.07) is 17.8. The second kappa shape index (κ2) is 11.3. The molecule has 0 aliphatic carbocycles. The van der Waals surface area contributed by atoms with Crippen molar-refractivity contribution in [1.29, 1.82) is 0 Å². The van der Waals surface area contributed by atoms with Gasteiger partial charge in [-0.2, -0.15) is 12.7 Å². The Bertz CT molecular complexity index is 1590. The Hall–Kier alpha value is -3.87. The molecule has 1 aromatic heterocycles. The summed E-state index contributed by atoms with van der Waals surface area (Å²) >= 11 is 0. The van der Waals surface area contributed by atoms with Gasteiger partial charge in [0, 0.05) is 6.54 Å². The highest BCUT2D eigenvalue weighted by Gasteiger charge is 2.27. The molecule has 9 nitrogen and oxygen atoms in total. The molecular weight excluding hydrogens is 537 g/mol. The lowest BCUT2D eigenvalue weighted by Crippen LogP contribution is -2.30. The third-order valence-electron chi connectivity index (χ3n) is 5.50. The Morgan fingerprint density at radius 3 is 2.08 bits per heavy atom. The van der Waals surface area contributed by atoms with E-state index in [1.54, 1.807) is 18.2 Å². The number of hydrogen-bond donors (Lipinski definition) is 0. The van der Waals surface area contributed by atoms with Crippen LogP contribution in [0.15, 0.2) is 99.3 Å². The summed E-state index contributed by atoms with van der Waals surface area (Å²) in [4.78, 5) is -0.221. The van der Waals surface area contributed by atoms with Gasteiger partial charge in [0.1, 0.15) is 22.2 Å². The van der Waals surface area contributed by atoms with E-state index >= 15 is 0 Å². The van der Waals surface area contributed by atoms with Crippen molar-refractivity contribution in [3.63, 3.8) is 0 Å². The fraction of sp³-hybridized carbons (Fsp3) is 0.154. The SMILES string of the molecule is COc1ccc(S(=O)(=O)N(Cc2ccc(OC)c(OS(=O)(=O)c3ccc(F)cc3)c2)Cc2ccco2)cc1. The molecule has 0 spiro atoms. The number of hydrogen-bond acceptors (Lipinski definition) is 8. The molecule has 0 bridgehead atoms. The van der Waals surface area contributed by atoms with Crippen LogP contribution in [0.25, 0.3) is 0 Å². The minimum atomic E-state index is -4.33. The first-order valence-corrected chi connectivity index (χ1v) is 14.0. The molecule has 0 fully saturated rings. The predicted molar refractivity (Wildman–Crippen MR) is 135 cm³/mol. The highest BCUT2D eigenvalue weighted by Crippen LogP contribution is 2.32. The third kappa shape index (κ3) is 6.15. The molecule has 38 heavy (non-hydrogen) atoms. The molecule has 0 aliphatic rings. The summed E-state index contributed by atoms with van der Waals surface area (Å²) < 4.78 is 88.2. The minimum Gasteiger partial charge on any atom is -0.497 e. The van der Waals surface area contributed by atoms with Crippen molar-refractivity contribution < 1.29 is 39.3 Å². The number of ether oxygens (including phenoxy) is 2. The van der Waals surface area contributed by atoms with Crippen LogP contribution in [0.2, 0.25) is 0 Å². The summed E-state index contributed by atoms with van der Waals surface area (Å²) in [6.45, 7) is -0.233. The Balaban J connectivity index is 1.67. The van der Waals surface area contributed by atoms with Crippen molar-refractivity contribution in [3.8, 4) is 17.2 Å². The first-order chi connectivity index (χ1) is 18.1. The van der Waals surface area contributed by atoms with Crippen molar-refractivity contribution in [3.05, 3.63) is 102 Å². The largest absolute Gasteiger partial charge is 0.497 e. The Morgan fingerprint density at radius 2 is 1.47 bits per heavy atom. The molecule has 0 unspecified atom stereocenters. The molecule has 0 radical (unpaired) electrons. The normalized spacial score (nSPS) is 11.9. The van der Waals surface area contributed by atoms with Gasteiger partial charge in [-0.05, 0) is 78.4 Å². The standard InChI is InChI=1S/C26H24FNO8S2/c1-33-21-8-12-23(13-9-21)37(29,30)28(18-22-4-3-15-35-22)17-19-5-14-25(34-2)26(16-19)36-38(31,32)24-10-6-20(27)7-11-24/h3-16H,17-18H2,1-2H3. The number of halogens is 1. The lowest BCUT2D eigenvalue weighted by Gasteiger charge is -2.22. The van der Waals surface area contributed by atoms with Crippen molar-refractivity contribution >= 4 is 20.1 Å². The van der Waals surface area contributed by atoms with E-state index in [0.29, 0.717) is 17.1 Å². The average molecular weight is 562 g/mol. The number of sulfonamides is 1. The van der Waals surface area contributed by atoms with E-state index in [9.17, 15) is 21.2 Å². The van der Waals surface area contributed by atoms with Crippen LogP contribution in [-0.2, 0) is 33.2 Å². The van der Waals surface area contributed by atoms with Crippen LogP contribution in [0.1, 0.15) is 11.3 Å². The van der Waals surface area contributed by atoms with E-state index < -0.39 is 26.0 Å². The molecule has 0 aliphatic heterocycles. The van der Waals surface area contributed by atoms with E-state index in [-0.39, 0.29) is 34.4 Å². The van der Waals surface area contributed by atoms with E-state index in [2.05, 4.69) is 0 Å². The van der Waals surface area contributed by atoms with Crippen molar-refractivity contribution in [2.24, 2.45) is 0 Å². The maximum atomic E-state index is 13.6. The van der Waals surface area contributed by atoms with Gasteiger partial charge in [0.15, 0.2) is 11.5 Å². The fourth-order valence-electron chi connectivity index (χ4n) is 3.55. The Labute approximate surface area is 220 Å². The van der Waals surface area contributed by atoms with Gasteiger partial charge in [-0.3, -0.25) is 0 Å². The monoisotopic (exact) mass is 561 g/mol. The van der Waals surface area contributed by atoms with Crippen molar-refractivity contribution in [2.45, 2.75) is 22.9 Å². The molecule has 3 aromatic carbocycles. The van der Waals surface area contributed by atoms with Crippen LogP contribution in [0.4, 0.5) is 4.39 Å². The van der Waals surface area contributed by atoms with E-state index in [4.69, 9.17) is 18.1 Å². The molecule has 200 valence electrons. The minimum absolute atomic E-state index is 0.0359. The topological polar surface area (TPSA) is 112 Å². The maximum absolute atomic E-state index is 13.6. The number of benzene rings is 3. The second-order valence-electron chi connectivity index (χ2n) is 8.00. The predicted octanol–water partition coefficient (Wildman–Crippen LogP) is 4.59. The van der Waals surface area contributed by atoms with Gasteiger partial charge in [-0.15, -0.1) is 0 Å². The summed E-state index contributed by atoms with van der Waals surface area (Å²) in [7, 11) is -5.54. The van der Waals surface area contributed by atoms with Gasteiger partial charge in [0.25, 0.3) is 0 Å². The molecule has 0 saturated heterocycles. The smallest absolute Gasteiger partial charge is 0.339 e. The molecule has 4 rings (SSSR count). The number of methoxy groups -OCH3 is 2. The van der Waals surface area contributed by atoms with Gasteiger partial charge in [-0.1, -0.05) is 6.07 Å². The number of rotatable bonds is 11. The molecular formula is C26H24FNO8S2. The zero-order chi connectivity index (χ0) is 27.3. The third-order valence-corrected chi connectivity index (χ3v) is 8.55. The van der Waals surface area contributed by atoms with Crippen LogP contribution < -0.4 is 13.7 Å². The first-order valence-electron chi connectivity index (χ1n) is 11.2. The maximum Gasteiger partial charge on any atom is 0.339 e. The van der Waals surface area contributed by atoms with Crippen LogP contribution in [0.3, 0.4) is 0 Å². The fourth-order valence-corrected chi connectivity index (χ4v) is 5.88. The van der Waals surface area contributed by atoms with Gasteiger partial charge in [-0.25, -0.2) is 12.8 Å². The van der Waals surface area contributed by atoms with Crippen LogP contribution in [0, 0.1) is 5.82 Å². The summed E-state index contributed by atoms with van der Waals surface area (Å²) in [6.07, 6.45) is 1.44. The number of furan rings is 1. The van der Waals surface area contributed by atoms with Crippen molar-refractivity contribution in [2.75, 3.05) is 14.2 Å². The van der Waals surface area contributed by atoms with Gasteiger partial charge in [0.2, 0.25) is 10.0 Å². The van der Waals surface area contributed by atoms with Gasteiger partial charge in [0.05, 0.1) is 31.9 Å². The highest BCUT2D eigenvalue weighted by molar-refractivity contribution is 7.89. The zero-order valence-corrected chi connectivity index (χ0v) is 22.0. The quantitative estimate of drug-likeness (QED) is 0.244. The molecule has 0 atom stereocenters.